The molecule has 0 aromatic carbocycles. The molecule has 21 heavy (non-hydrogen) atoms. The minimum atomic E-state index is 0.265. The lowest BCUT2D eigenvalue weighted by Gasteiger charge is -2.39. The van der Waals surface area contributed by atoms with Crippen molar-refractivity contribution < 1.29 is 9.53 Å². The molecule has 2 aliphatic heterocycles. The van der Waals surface area contributed by atoms with E-state index in [1.807, 2.05) is 0 Å². The predicted molar refractivity (Wildman–Crippen MR) is 84.4 cm³/mol. The largest absolute Gasteiger partial charge is 0.379 e. The number of carbonyl (C=O) groups excluding carboxylic acids is 1. The zero-order valence-electron chi connectivity index (χ0n) is 13.6. The summed E-state index contributed by atoms with van der Waals surface area (Å²) >= 11 is 0. The van der Waals surface area contributed by atoms with Crippen LogP contribution in [0.15, 0.2) is 0 Å². The molecule has 1 amide bonds. The number of nitrogens with one attached hydrogen (secondary N) is 1. The zero-order valence-corrected chi connectivity index (χ0v) is 13.6. The molecule has 2 atom stereocenters. The van der Waals surface area contributed by atoms with E-state index in [1.165, 1.54) is 6.42 Å². The number of morpholine rings is 1. The summed E-state index contributed by atoms with van der Waals surface area (Å²) in [5.74, 6) is 0.265. The highest BCUT2D eigenvalue weighted by molar-refractivity contribution is 5.79. The first-order valence-electron chi connectivity index (χ1n) is 8.50. The van der Waals surface area contributed by atoms with E-state index in [1.54, 1.807) is 0 Å². The summed E-state index contributed by atoms with van der Waals surface area (Å²) in [5.41, 5.74) is 0. The number of hydrogen-bond donors (Lipinski definition) is 1. The minimum absolute atomic E-state index is 0.265. The second kappa shape index (κ2) is 8.71. The molecule has 0 aliphatic carbocycles. The number of ether oxygens (including phenoxy) is 1. The average molecular weight is 297 g/mol. The van der Waals surface area contributed by atoms with Crippen LogP contribution in [-0.2, 0) is 9.53 Å². The molecule has 2 unspecified atom stereocenters. The lowest BCUT2D eigenvalue weighted by atomic mass is 9.97. The number of nitrogens with zero attached hydrogens (tertiary/aromatic N) is 2. The van der Waals surface area contributed by atoms with E-state index in [0.29, 0.717) is 18.6 Å². The Morgan fingerprint density at radius 1 is 1.19 bits per heavy atom. The summed E-state index contributed by atoms with van der Waals surface area (Å²) in [4.78, 5) is 16.8. The van der Waals surface area contributed by atoms with Gasteiger partial charge in [-0.25, -0.2) is 0 Å². The lowest BCUT2D eigenvalue weighted by Crippen LogP contribution is -2.50. The van der Waals surface area contributed by atoms with Crippen molar-refractivity contribution in [3.8, 4) is 0 Å². The first kappa shape index (κ1) is 16.7. The molecule has 0 saturated carbocycles. The van der Waals surface area contributed by atoms with E-state index < -0.39 is 0 Å². The van der Waals surface area contributed by atoms with Crippen LogP contribution >= 0.6 is 0 Å². The second-order valence-electron chi connectivity index (χ2n) is 6.41. The van der Waals surface area contributed by atoms with Crippen molar-refractivity contribution in [3.63, 3.8) is 0 Å². The van der Waals surface area contributed by atoms with Gasteiger partial charge < -0.3 is 15.0 Å². The van der Waals surface area contributed by atoms with Gasteiger partial charge in [0.05, 0.1) is 19.8 Å². The Kier molecular flexibility index (Phi) is 6.93. The van der Waals surface area contributed by atoms with E-state index in [2.05, 4.69) is 29.0 Å². The molecule has 0 spiro atoms. The second-order valence-corrected chi connectivity index (χ2v) is 6.41. The van der Waals surface area contributed by atoms with Gasteiger partial charge >= 0.3 is 0 Å². The van der Waals surface area contributed by atoms with Gasteiger partial charge in [-0.05, 0) is 52.6 Å². The molecule has 2 aliphatic rings. The number of amides is 1. The Labute approximate surface area is 129 Å². The van der Waals surface area contributed by atoms with Crippen LogP contribution in [0.1, 0.15) is 39.5 Å². The molecule has 0 radical (unpaired) electrons. The van der Waals surface area contributed by atoms with E-state index in [4.69, 9.17) is 4.74 Å². The summed E-state index contributed by atoms with van der Waals surface area (Å²) in [7, 11) is 0. The Morgan fingerprint density at radius 2 is 1.86 bits per heavy atom. The van der Waals surface area contributed by atoms with Gasteiger partial charge in [0, 0.05) is 25.2 Å². The van der Waals surface area contributed by atoms with Crippen molar-refractivity contribution in [3.05, 3.63) is 0 Å². The first-order valence-corrected chi connectivity index (χ1v) is 8.50. The fraction of sp³-hybridized carbons (Fsp3) is 0.938. The van der Waals surface area contributed by atoms with Gasteiger partial charge in [0.15, 0.2) is 0 Å². The molecule has 2 saturated heterocycles. The standard InChI is InChI=1S/C16H31N3O2/c1-14-5-3-6-15(2)19(14)16(20)13-17-7-4-8-18-9-11-21-12-10-18/h14-15,17H,3-13H2,1-2H3. The molecule has 0 aromatic heterocycles. The van der Waals surface area contributed by atoms with Crippen molar-refractivity contribution in [2.24, 2.45) is 0 Å². The topological polar surface area (TPSA) is 44.8 Å². The molecule has 5 nitrogen and oxygen atoms in total. The summed E-state index contributed by atoms with van der Waals surface area (Å²) in [6.07, 6.45) is 4.64. The smallest absolute Gasteiger partial charge is 0.237 e. The van der Waals surface area contributed by atoms with Crippen LogP contribution in [0.4, 0.5) is 0 Å². The SMILES string of the molecule is CC1CCCC(C)N1C(=O)CNCCCN1CCOCC1. The minimum Gasteiger partial charge on any atom is -0.379 e. The third-order valence-corrected chi connectivity index (χ3v) is 4.69. The van der Waals surface area contributed by atoms with Crippen LogP contribution in [0.25, 0.3) is 0 Å². The van der Waals surface area contributed by atoms with E-state index in [0.717, 1.165) is 58.7 Å². The van der Waals surface area contributed by atoms with E-state index >= 15 is 0 Å². The average Bonchev–Trinajstić information content (AvgIpc) is 2.48. The first-order chi connectivity index (χ1) is 10.2. The summed E-state index contributed by atoms with van der Waals surface area (Å²) in [6.45, 7) is 10.6. The summed E-state index contributed by atoms with van der Waals surface area (Å²) < 4.78 is 5.34. The molecule has 5 heteroatoms. The normalized spacial score (nSPS) is 27.8. The van der Waals surface area contributed by atoms with Gasteiger partial charge in [-0.3, -0.25) is 9.69 Å². The summed E-state index contributed by atoms with van der Waals surface area (Å²) in [5, 5.41) is 3.31. The van der Waals surface area contributed by atoms with Gasteiger partial charge in [-0.1, -0.05) is 0 Å². The molecule has 2 rings (SSSR count). The number of rotatable bonds is 6. The maximum Gasteiger partial charge on any atom is 0.237 e. The third-order valence-electron chi connectivity index (χ3n) is 4.69. The molecule has 2 heterocycles. The zero-order chi connectivity index (χ0) is 15.1. The van der Waals surface area contributed by atoms with Crippen LogP contribution in [0, 0.1) is 0 Å². The fourth-order valence-corrected chi connectivity index (χ4v) is 3.45. The molecular formula is C16H31N3O2. The molecule has 122 valence electrons. The third kappa shape index (κ3) is 5.24. The van der Waals surface area contributed by atoms with E-state index in [9.17, 15) is 4.79 Å². The Morgan fingerprint density at radius 3 is 2.52 bits per heavy atom. The van der Waals surface area contributed by atoms with Gasteiger partial charge in [-0.2, -0.15) is 0 Å². The molecule has 0 aromatic rings. The quantitative estimate of drug-likeness (QED) is 0.746. The number of likely N-dealkylation sites (tertiary alicyclic amines) is 1. The number of hydrogen-bond acceptors (Lipinski definition) is 4. The molecular weight excluding hydrogens is 266 g/mol. The molecule has 1 N–H and O–H groups in total. The van der Waals surface area contributed by atoms with Gasteiger partial charge in [0.1, 0.15) is 0 Å². The van der Waals surface area contributed by atoms with Crippen LogP contribution in [0.5, 0.6) is 0 Å². The van der Waals surface area contributed by atoms with Crippen LogP contribution in [0.3, 0.4) is 0 Å². The maximum atomic E-state index is 12.3. The van der Waals surface area contributed by atoms with Crippen molar-refractivity contribution in [1.29, 1.82) is 0 Å². The van der Waals surface area contributed by atoms with Gasteiger partial charge in [0.25, 0.3) is 0 Å². The highest BCUT2D eigenvalue weighted by Crippen LogP contribution is 2.22. The van der Waals surface area contributed by atoms with Crippen molar-refractivity contribution in [2.75, 3.05) is 45.9 Å². The van der Waals surface area contributed by atoms with Crippen LogP contribution in [-0.4, -0.2) is 73.7 Å². The summed E-state index contributed by atoms with van der Waals surface area (Å²) in [6, 6.07) is 0.799. The van der Waals surface area contributed by atoms with Gasteiger partial charge in [-0.15, -0.1) is 0 Å². The highest BCUT2D eigenvalue weighted by Gasteiger charge is 2.28. The van der Waals surface area contributed by atoms with Crippen molar-refractivity contribution >= 4 is 5.91 Å². The Hall–Kier alpha value is -0.650. The van der Waals surface area contributed by atoms with Gasteiger partial charge in [0.2, 0.25) is 5.91 Å². The maximum absolute atomic E-state index is 12.3. The van der Waals surface area contributed by atoms with Crippen molar-refractivity contribution in [1.82, 2.24) is 15.1 Å². The fourth-order valence-electron chi connectivity index (χ4n) is 3.45. The van der Waals surface area contributed by atoms with E-state index in [-0.39, 0.29) is 5.91 Å². The van der Waals surface area contributed by atoms with Crippen LogP contribution < -0.4 is 5.32 Å². The van der Waals surface area contributed by atoms with Crippen molar-refractivity contribution in [2.45, 2.75) is 51.6 Å². The number of piperidine rings is 1. The highest BCUT2D eigenvalue weighted by atomic mass is 16.5. The molecule has 2 fully saturated rings. The van der Waals surface area contributed by atoms with Crippen LogP contribution in [0.2, 0.25) is 0 Å². The monoisotopic (exact) mass is 297 g/mol. The molecule has 0 bridgehead atoms. The predicted octanol–water partition coefficient (Wildman–Crippen LogP) is 1.09. The Bertz CT molecular complexity index is 309. The number of carbonyl (C=O) groups is 1. The lowest BCUT2D eigenvalue weighted by molar-refractivity contribution is -0.136. The Balaban J connectivity index is 1.58.